The molecule has 0 spiro atoms. The highest BCUT2D eigenvalue weighted by atomic mass is 35.5. The minimum Gasteiger partial charge on any atom is -0.318 e. The molecule has 1 aromatic rings. The second-order valence-corrected chi connectivity index (χ2v) is 7.20. The number of benzene rings is 1. The third-order valence-corrected chi connectivity index (χ3v) is 4.77. The van der Waals surface area contributed by atoms with Crippen molar-refractivity contribution in [3.05, 3.63) is 29.3 Å². The second kappa shape index (κ2) is 11.7. The maximum absolute atomic E-state index is 12.0. The third kappa shape index (κ3) is 8.00. The van der Waals surface area contributed by atoms with Gasteiger partial charge in [-0.1, -0.05) is 62.6 Å². The lowest BCUT2D eigenvalue weighted by Gasteiger charge is -2.10. The average molecular weight is 378 g/mol. The van der Waals surface area contributed by atoms with Crippen molar-refractivity contribution >= 4 is 34.8 Å². The quantitative estimate of drug-likeness (QED) is 0.558. The predicted molar refractivity (Wildman–Crippen MR) is 106 cm³/mol. The van der Waals surface area contributed by atoms with Crippen molar-refractivity contribution in [2.24, 2.45) is 5.10 Å². The van der Waals surface area contributed by atoms with Crippen LogP contribution in [0.5, 0.6) is 0 Å². The summed E-state index contributed by atoms with van der Waals surface area (Å²) in [7, 11) is 0. The van der Waals surface area contributed by atoms with Gasteiger partial charge in [-0.05, 0) is 43.9 Å². The Bertz CT molecular complexity index is 617. The van der Waals surface area contributed by atoms with Crippen LogP contribution in [0.15, 0.2) is 29.4 Å². The van der Waals surface area contributed by atoms with Gasteiger partial charge in [-0.2, -0.15) is 5.10 Å². The average Bonchev–Trinajstić information content (AvgIpc) is 2.61. The van der Waals surface area contributed by atoms with Crippen LogP contribution in [0.25, 0.3) is 0 Å². The van der Waals surface area contributed by atoms with Crippen molar-refractivity contribution < 1.29 is 9.59 Å². The van der Waals surface area contributed by atoms with Gasteiger partial charge >= 0.3 is 11.8 Å². The van der Waals surface area contributed by atoms with Crippen molar-refractivity contribution in [2.75, 3.05) is 5.32 Å². The van der Waals surface area contributed by atoms with Gasteiger partial charge in [0.1, 0.15) is 0 Å². The highest BCUT2D eigenvalue weighted by Gasteiger charge is 2.14. The Morgan fingerprint density at radius 3 is 2.00 bits per heavy atom. The third-order valence-electron chi connectivity index (χ3n) is 4.53. The fourth-order valence-electron chi connectivity index (χ4n) is 3.07. The highest BCUT2D eigenvalue weighted by Crippen LogP contribution is 2.16. The molecule has 2 amide bonds. The SMILES string of the molecule is O=C(NN=C1CCCCCCCCCCC1)C(=O)Nc1cccc(Cl)c1. The summed E-state index contributed by atoms with van der Waals surface area (Å²) in [6.07, 6.45) is 12.8. The smallest absolute Gasteiger partial charge is 0.318 e. The second-order valence-electron chi connectivity index (χ2n) is 6.77. The van der Waals surface area contributed by atoms with Crippen LogP contribution in [-0.2, 0) is 9.59 Å². The first kappa shape index (κ1) is 20.4. The maximum Gasteiger partial charge on any atom is 0.329 e. The van der Waals surface area contributed by atoms with Crippen molar-refractivity contribution in [3.63, 3.8) is 0 Å². The first-order chi connectivity index (χ1) is 12.6. The Kier molecular flexibility index (Phi) is 9.18. The number of hydrazone groups is 1. The van der Waals surface area contributed by atoms with Gasteiger partial charge in [-0.3, -0.25) is 9.59 Å². The van der Waals surface area contributed by atoms with E-state index in [2.05, 4.69) is 15.8 Å². The van der Waals surface area contributed by atoms with E-state index in [4.69, 9.17) is 11.6 Å². The van der Waals surface area contributed by atoms with Crippen LogP contribution in [0.2, 0.25) is 5.02 Å². The molecule has 5 nitrogen and oxygen atoms in total. The number of hydrogen-bond acceptors (Lipinski definition) is 3. The summed E-state index contributed by atoms with van der Waals surface area (Å²) in [4.78, 5) is 24.0. The van der Waals surface area contributed by atoms with Crippen molar-refractivity contribution in [3.8, 4) is 0 Å². The van der Waals surface area contributed by atoms with Crippen LogP contribution in [0.3, 0.4) is 0 Å². The van der Waals surface area contributed by atoms with E-state index in [1.807, 2.05) is 0 Å². The Labute approximate surface area is 160 Å². The van der Waals surface area contributed by atoms with Crippen LogP contribution in [0, 0.1) is 0 Å². The molecule has 1 aliphatic carbocycles. The largest absolute Gasteiger partial charge is 0.329 e. The van der Waals surface area contributed by atoms with Crippen LogP contribution in [0.1, 0.15) is 70.6 Å². The molecule has 0 unspecified atom stereocenters. The molecule has 0 aromatic heterocycles. The Hall–Kier alpha value is -1.88. The summed E-state index contributed by atoms with van der Waals surface area (Å²) in [5.41, 5.74) is 3.87. The van der Waals surface area contributed by atoms with Crippen molar-refractivity contribution in [1.82, 2.24) is 5.43 Å². The summed E-state index contributed by atoms with van der Waals surface area (Å²) >= 11 is 5.87. The van der Waals surface area contributed by atoms with Gasteiger partial charge in [0, 0.05) is 16.4 Å². The van der Waals surface area contributed by atoms with E-state index in [0.717, 1.165) is 31.4 Å². The molecule has 142 valence electrons. The molecule has 26 heavy (non-hydrogen) atoms. The van der Waals surface area contributed by atoms with Gasteiger partial charge in [0.05, 0.1) is 0 Å². The minimum absolute atomic E-state index is 0.483. The van der Waals surface area contributed by atoms with Crippen LogP contribution < -0.4 is 10.7 Å². The number of rotatable bonds is 2. The first-order valence-electron chi connectivity index (χ1n) is 9.57. The molecular formula is C20H28ClN3O2. The molecule has 1 saturated carbocycles. The van der Waals surface area contributed by atoms with E-state index < -0.39 is 11.8 Å². The molecule has 6 heteroatoms. The lowest BCUT2D eigenvalue weighted by molar-refractivity contribution is -0.136. The lowest BCUT2D eigenvalue weighted by Crippen LogP contribution is -2.33. The Balaban J connectivity index is 1.85. The van der Waals surface area contributed by atoms with Gasteiger partial charge in [0.2, 0.25) is 0 Å². The molecule has 1 aromatic carbocycles. The Morgan fingerprint density at radius 1 is 0.846 bits per heavy atom. The summed E-state index contributed by atoms with van der Waals surface area (Å²) < 4.78 is 0. The van der Waals surface area contributed by atoms with Gasteiger partial charge in [0.25, 0.3) is 0 Å². The molecule has 0 radical (unpaired) electrons. The van der Waals surface area contributed by atoms with Gasteiger partial charge < -0.3 is 5.32 Å². The van der Waals surface area contributed by atoms with Gasteiger partial charge in [-0.25, -0.2) is 5.43 Å². The summed E-state index contributed by atoms with van der Waals surface area (Å²) in [6, 6.07) is 6.68. The molecule has 2 rings (SSSR count). The zero-order valence-electron chi connectivity index (χ0n) is 15.2. The molecule has 0 aliphatic heterocycles. The van der Waals surface area contributed by atoms with Crippen LogP contribution in [0.4, 0.5) is 5.69 Å². The molecule has 1 aliphatic rings. The van der Waals surface area contributed by atoms with Crippen molar-refractivity contribution in [1.29, 1.82) is 0 Å². The van der Waals surface area contributed by atoms with Crippen molar-refractivity contribution in [2.45, 2.75) is 70.6 Å². The van der Waals surface area contributed by atoms with E-state index in [1.165, 1.54) is 44.9 Å². The van der Waals surface area contributed by atoms with Crippen LogP contribution >= 0.6 is 11.6 Å². The first-order valence-corrected chi connectivity index (χ1v) is 9.95. The number of hydrogen-bond donors (Lipinski definition) is 2. The monoisotopic (exact) mass is 377 g/mol. The van der Waals surface area contributed by atoms with Crippen LogP contribution in [-0.4, -0.2) is 17.5 Å². The molecule has 0 bridgehead atoms. The van der Waals surface area contributed by atoms with E-state index in [0.29, 0.717) is 10.7 Å². The zero-order valence-corrected chi connectivity index (χ0v) is 16.0. The maximum atomic E-state index is 12.0. The normalized spacial score (nSPS) is 16.7. The molecule has 2 N–H and O–H groups in total. The summed E-state index contributed by atoms with van der Waals surface area (Å²) in [5, 5.41) is 7.24. The molecule has 0 saturated heterocycles. The lowest BCUT2D eigenvalue weighted by atomic mass is 10.00. The Morgan fingerprint density at radius 2 is 1.42 bits per heavy atom. The molecule has 0 atom stereocenters. The predicted octanol–water partition coefficient (Wildman–Crippen LogP) is 5.06. The van der Waals surface area contributed by atoms with Gasteiger partial charge in [-0.15, -0.1) is 0 Å². The number of carbonyl (C=O) groups is 2. The van der Waals surface area contributed by atoms with E-state index in [1.54, 1.807) is 24.3 Å². The number of halogens is 1. The standard InChI is InChI=1S/C20H28ClN3O2/c21-16-11-10-14-18(15-16)22-19(25)20(26)24-23-17-12-8-6-4-2-1-3-5-7-9-13-17/h10-11,14-15H,1-9,12-13H2,(H,22,25)(H,24,26). The minimum atomic E-state index is -0.761. The fourth-order valence-corrected chi connectivity index (χ4v) is 3.26. The molecule has 0 heterocycles. The van der Waals surface area contributed by atoms with Gasteiger partial charge in [0.15, 0.2) is 0 Å². The number of amides is 2. The topological polar surface area (TPSA) is 70.6 Å². The van der Waals surface area contributed by atoms with E-state index >= 15 is 0 Å². The molecule has 1 fully saturated rings. The zero-order chi connectivity index (χ0) is 18.6. The summed E-state index contributed by atoms with van der Waals surface area (Å²) in [6.45, 7) is 0. The molecular weight excluding hydrogens is 350 g/mol. The number of nitrogens with one attached hydrogen (secondary N) is 2. The summed E-state index contributed by atoms with van der Waals surface area (Å²) in [5.74, 6) is -1.51. The number of nitrogens with zero attached hydrogens (tertiary/aromatic N) is 1. The van der Waals surface area contributed by atoms with E-state index in [9.17, 15) is 9.59 Å². The number of carbonyl (C=O) groups excluding carboxylic acids is 2. The fraction of sp³-hybridized carbons (Fsp3) is 0.550. The van der Waals surface area contributed by atoms with E-state index in [-0.39, 0.29) is 0 Å². The highest BCUT2D eigenvalue weighted by molar-refractivity contribution is 6.39. The number of anilines is 1.